The van der Waals surface area contributed by atoms with Crippen molar-refractivity contribution in [2.45, 2.75) is 48.7 Å². The molecule has 0 bridgehead atoms. The van der Waals surface area contributed by atoms with E-state index in [0.717, 1.165) is 30.3 Å². The molecule has 0 spiro atoms. The second-order valence-corrected chi connectivity index (χ2v) is 12.7. The van der Waals surface area contributed by atoms with Crippen LogP contribution in [-0.2, 0) is 20.8 Å². The number of rotatable bonds is 12. The minimum absolute atomic E-state index is 0.0765. The van der Waals surface area contributed by atoms with E-state index in [0.29, 0.717) is 11.3 Å². The molecule has 1 fully saturated rings. The van der Waals surface area contributed by atoms with E-state index in [2.05, 4.69) is 10.1 Å². The van der Waals surface area contributed by atoms with E-state index in [1.807, 2.05) is 0 Å². The summed E-state index contributed by atoms with van der Waals surface area (Å²) < 4.78 is 100. The third-order valence-electron chi connectivity index (χ3n) is 7.42. The van der Waals surface area contributed by atoms with E-state index in [1.165, 1.54) is 43.3 Å². The zero-order valence-corrected chi connectivity index (χ0v) is 25.2. The fourth-order valence-electron chi connectivity index (χ4n) is 4.94. The number of nitrogens with zero attached hydrogens (tertiary/aromatic N) is 2. The molecule has 4 rings (SSSR count). The summed E-state index contributed by atoms with van der Waals surface area (Å²) in [7, 11) is -3.43. The molecule has 1 unspecified atom stereocenters. The van der Waals surface area contributed by atoms with Gasteiger partial charge < -0.3 is 24.8 Å². The van der Waals surface area contributed by atoms with Crippen LogP contribution in [0.2, 0.25) is 0 Å². The predicted molar refractivity (Wildman–Crippen MR) is 156 cm³/mol. The van der Waals surface area contributed by atoms with Gasteiger partial charge in [0.1, 0.15) is 11.9 Å². The van der Waals surface area contributed by atoms with Gasteiger partial charge in [-0.1, -0.05) is 19.1 Å². The van der Waals surface area contributed by atoms with E-state index in [4.69, 9.17) is 10.00 Å². The Morgan fingerprint density at radius 1 is 1.04 bits per heavy atom. The number of benzene rings is 3. The number of hydrogen-bond donors (Lipinski definition) is 2. The molecule has 1 aliphatic rings. The molecule has 1 aliphatic heterocycles. The van der Waals surface area contributed by atoms with Gasteiger partial charge >= 0.3 is 12.3 Å². The van der Waals surface area contributed by atoms with Crippen LogP contribution in [0, 0.1) is 11.3 Å². The number of nitrogens with one attached hydrogen (secondary N) is 1. The lowest BCUT2D eigenvalue weighted by Gasteiger charge is -2.27. The van der Waals surface area contributed by atoms with Gasteiger partial charge in [-0.05, 0) is 66.2 Å². The highest BCUT2D eigenvalue weighted by molar-refractivity contribution is 7.91. The van der Waals surface area contributed by atoms with Gasteiger partial charge in [0, 0.05) is 17.7 Å². The highest BCUT2D eigenvalue weighted by Gasteiger charge is 2.38. The number of ether oxygens (including phenoxy) is 2. The molecule has 3 aromatic carbocycles. The smallest absolute Gasteiger partial charge is 0.448 e. The number of nitriles is 1. The summed E-state index contributed by atoms with van der Waals surface area (Å²) in [5.41, 5.74) is 0.326. The molecule has 0 aromatic heterocycles. The molecule has 1 saturated heterocycles. The van der Waals surface area contributed by atoms with Gasteiger partial charge in [0.15, 0.2) is 15.9 Å². The Labute approximate surface area is 262 Å². The highest BCUT2D eigenvalue weighted by Crippen LogP contribution is 2.33. The van der Waals surface area contributed by atoms with Crippen molar-refractivity contribution in [2.24, 2.45) is 0 Å². The maximum Gasteiger partial charge on any atom is 0.448 e. The fraction of sp³-hybridized carbons (Fsp3) is 0.355. The van der Waals surface area contributed by atoms with Crippen LogP contribution in [0.5, 0.6) is 5.75 Å². The molecule has 0 aliphatic carbocycles. The summed E-state index contributed by atoms with van der Waals surface area (Å²) in [6, 6.07) is 15.1. The SMILES string of the molecule is CCS(=O)(=O)c1ccc([C@H](CO)NC(=O)c2ccc(N3CC(Oc4ccc(C(F)(F)F)cc4)C[C@H]3COC(F)(F)C#N)cc2)cc1. The standard InChI is InChI=1S/C31H30F5N3O6S/c1-2-46(42,43)27-13-5-20(6-14-27)28(17-40)38-29(41)21-3-9-23(10-4-21)39-16-26(15-24(39)18-44-30(32,33)19-37)45-25-11-7-22(8-12-25)31(34,35)36/h3-14,24,26,28,40H,2,15-18H2,1H3,(H,38,41)/t24-,26?,28-/m0/s1. The van der Waals surface area contributed by atoms with Gasteiger partial charge in [0.2, 0.25) is 0 Å². The summed E-state index contributed by atoms with van der Waals surface area (Å²) in [6.45, 7) is 0.625. The van der Waals surface area contributed by atoms with Crippen molar-refractivity contribution >= 4 is 21.4 Å². The minimum Gasteiger partial charge on any atom is -0.489 e. The van der Waals surface area contributed by atoms with Gasteiger partial charge in [-0.15, -0.1) is 0 Å². The number of anilines is 1. The van der Waals surface area contributed by atoms with Crippen LogP contribution < -0.4 is 15.0 Å². The summed E-state index contributed by atoms with van der Waals surface area (Å²) in [5.74, 6) is -0.476. The van der Waals surface area contributed by atoms with Gasteiger partial charge in [-0.25, -0.2) is 8.42 Å². The molecule has 9 nitrogen and oxygen atoms in total. The van der Waals surface area contributed by atoms with Crippen molar-refractivity contribution in [3.63, 3.8) is 0 Å². The van der Waals surface area contributed by atoms with Crippen LogP contribution in [0.3, 0.4) is 0 Å². The quantitative estimate of drug-likeness (QED) is 0.255. The maximum atomic E-state index is 13.6. The second-order valence-electron chi connectivity index (χ2n) is 10.5. The Morgan fingerprint density at radius 3 is 2.22 bits per heavy atom. The third kappa shape index (κ3) is 8.51. The van der Waals surface area contributed by atoms with Crippen molar-refractivity contribution < 1.29 is 49.7 Å². The zero-order chi connectivity index (χ0) is 33.7. The molecule has 2 N–H and O–H groups in total. The summed E-state index contributed by atoms with van der Waals surface area (Å²) in [6.07, 6.45) is -9.05. The Hall–Kier alpha value is -4.26. The van der Waals surface area contributed by atoms with Gasteiger partial charge in [0.05, 0.1) is 48.1 Å². The van der Waals surface area contributed by atoms with Crippen LogP contribution >= 0.6 is 0 Å². The molecular formula is C31H30F5N3O6S. The van der Waals surface area contributed by atoms with Crippen LogP contribution in [0.1, 0.15) is 40.9 Å². The van der Waals surface area contributed by atoms with Crippen molar-refractivity contribution in [2.75, 3.05) is 30.4 Å². The van der Waals surface area contributed by atoms with Crippen LogP contribution in [0.25, 0.3) is 0 Å². The first-order valence-corrected chi connectivity index (χ1v) is 15.7. The van der Waals surface area contributed by atoms with Crippen LogP contribution in [0.15, 0.2) is 77.7 Å². The minimum atomic E-state index is -4.52. The molecule has 0 saturated carbocycles. The number of carbonyl (C=O) groups is 1. The molecule has 3 atom stereocenters. The number of aliphatic hydroxyl groups is 1. The normalized spacial score (nSPS) is 17.7. The summed E-state index contributed by atoms with van der Waals surface area (Å²) in [5, 5.41) is 21.2. The summed E-state index contributed by atoms with van der Waals surface area (Å²) in [4.78, 5) is 14.8. The van der Waals surface area contributed by atoms with Gasteiger partial charge in [-0.2, -0.15) is 27.2 Å². The van der Waals surface area contributed by atoms with Gasteiger partial charge in [-0.3, -0.25) is 4.79 Å². The first-order chi connectivity index (χ1) is 21.7. The monoisotopic (exact) mass is 667 g/mol. The van der Waals surface area contributed by atoms with E-state index in [9.17, 15) is 40.3 Å². The molecule has 1 amide bonds. The Morgan fingerprint density at radius 2 is 1.67 bits per heavy atom. The number of halogens is 5. The Balaban J connectivity index is 1.47. The number of hydrogen-bond acceptors (Lipinski definition) is 8. The fourth-order valence-corrected chi connectivity index (χ4v) is 5.82. The van der Waals surface area contributed by atoms with E-state index < -0.39 is 65.0 Å². The van der Waals surface area contributed by atoms with E-state index in [-0.39, 0.29) is 34.9 Å². The predicted octanol–water partition coefficient (Wildman–Crippen LogP) is 5.12. The molecule has 3 aromatic rings. The van der Waals surface area contributed by atoms with Crippen molar-refractivity contribution in [3.8, 4) is 11.8 Å². The zero-order valence-electron chi connectivity index (χ0n) is 24.4. The van der Waals surface area contributed by atoms with Crippen molar-refractivity contribution in [1.29, 1.82) is 5.26 Å². The lowest BCUT2D eigenvalue weighted by atomic mass is 10.1. The topological polar surface area (TPSA) is 129 Å². The number of sulfone groups is 1. The average molecular weight is 668 g/mol. The average Bonchev–Trinajstić information content (AvgIpc) is 3.45. The maximum absolute atomic E-state index is 13.6. The third-order valence-corrected chi connectivity index (χ3v) is 9.17. The number of amides is 1. The first kappa shape index (κ1) is 34.6. The molecule has 46 heavy (non-hydrogen) atoms. The number of carbonyl (C=O) groups excluding carboxylic acids is 1. The van der Waals surface area contributed by atoms with Crippen LogP contribution in [0.4, 0.5) is 27.6 Å². The first-order valence-electron chi connectivity index (χ1n) is 14.0. The highest BCUT2D eigenvalue weighted by atomic mass is 32.2. The Kier molecular flexibility index (Phi) is 10.5. The molecule has 0 radical (unpaired) electrons. The van der Waals surface area contributed by atoms with Gasteiger partial charge in [0.25, 0.3) is 5.91 Å². The Bertz CT molecular complexity index is 1640. The molecule has 15 heteroatoms. The van der Waals surface area contributed by atoms with Crippen molar-refractivity contribution in [3.05, 3.63) is 89.5 Å². The molecule has 246 valence electrons. The molecular weight excluding hydrogens is 637 g/mol. The molecule has 1 heterocycles. The van der Waals surface area contributed by atoms with Crippen molar-refractivity contribution in [1.82, 2.24) is 5.32 Å². The van der Waals surface area contributed by atoms with Crippen LogP contribution in [-0.4, -0.2) is 63.2 Å². The largest absolute Gasteiger partial charge is 0.489 e. The van der Waals surface area contributed by atoms with E-state index in [1.54, 1.807) is 17.0 Å². The number of alkyl halides is 5. The second kappa shape index (κ2) is 14.0. The summed E-state index contributed by atoms with van der Waals surface area (Å²) >= 11 is 0. The lowest BCUT2D eigenvalue weighted by Crippen LogP contribution is -2.36. The lowest BCUT2D eigenvalue weighted by molar-refractivity contribution is -0.195. The van der Waals surface area contributed by atoms with E-state index >= 15 is 0 Å². The number of aliphatic hydroxyl groups excluding tert-OH is 1.